The first-order valence-electron chi connectivity index (χ1n) is 7.64. The molecular formula is C18H23N3O2. The van der Waals surface area contributed by atoms with Gasteiger partial charge in [0.15, 0.2) is 0 Å². The monoisotopic (exact) mass is 313 g/mol. The average Bonchev–Trinajstić information content (AvgIpc) is 2.49. The first-order chi connectivity index (χ1) is 10.9. The Kier molecular flexibility index (Phi) is 5.60. The summed E-state index contributed by atoms with van der Waals surface area (Å²) in [5.41, 5.74) is 8.24. The van der Waals surface area contributed by atoms with Crippen LogP contribution in [-0.2, 0) is 0 Å². The van der Waals surface area contributed by atoms with Crippen LogP contribution in [0.1, 0.15) is 32.4 Å². The Bertz CT molecular complexity index is 634. The smallest absolute Gasteiger partial charge is 0.323 e. The Balaban J connectivity index is 1.91. The summed E-state index contributed by atoms with van der Waals surface area (Å²) < 4.78 is 5.56. The van der Waals surface area contributed by atoms with E-state index in [9.17, 15) is 4.79 Å². The molecule has 1 atom stereocenters. The Morgan fingerprint density at radius 1 is 0.913 bits per heavy atom. The van der Waals surface area contributed by atoms with Crippen molar-refractivity contribution in [3.8, 4) is 5.75 Å². The number of carbonyl (C=O) groups is 1. The van der Waals surface area contributed by atoms with E-state index in [0.29, 0.717) is 11.4 Å². The molecule has 4 N–H and O–H groups in total. The highest BCUT2D eigenvalue weighted by molar-refractivity contribution is 5.99. The van der Waals surface area contributed by atoms with Gasteiger partial charge in [0.2, 0.25) is 0 Å². The van der Waals surface area contributed by atoms with E-state index in [1.807, 2.05) is 57.2 Å². The van der Waals surface area contributed by atoms with Gasteiger partial charge in [0.1, 0.15) is 5.75 Å². The lowest BCUT2D eigenvalue weighted by atomic mass is 10.1. The predicted octanol–water partition coefficient (Wildman–Crippen LogP) is 4.14. The summed E-state index contributed by atoms with van der Waals surface area (Å²) in [4.78, 5) is 12.0. The van der Waals surface area contributed by atoms with Crippen LogP contribution in [0.25, 0.3) is 0 Å². The number of hydrogen-bond donors (Lipinski definition) is 3. The molecular weight excluding hydrogens is 290 g/mol. The van der Waals surface area contributed by atoms with Crippen LogP contribution in [0.5, 0.6) is 5.75 Å². The third kappa shape index (κ3) is 5.30. The molecule has 0 aromatic heterocycles. The second-order valence-electron chi connectivity index (χ2n) is 5.68. The number of rotatable bonds is 5. The molecule has 0 fully saturated rings. The largest absolute Gasteiger partial charge is 0.491 e. The van der Waals surface area contributed by atoms with Gasteiger partial charge in [-0.2, -0.15) is 0 Å². The van der Waals surface area contributed by atoms with Gasteiger partial charge in [-0.3, -0.25) is 0 Å². The molecule has 23 heavy (non-hydrogen) atoms. The minimum absolute atomic E-state index is 0.0237. The van der Waals surface area contributed by atoms with Crippen LogP contribution in [0.4, 0.5) is 16.2 Å². The van der Waals surface area contributed by atoms with Crippen molar-refractivity contribution in [1.82, 2.24) is 0 Å². The molecule has 5 heteroatoms. The highest BCUT2D eigenvalue weighted by Gasteiger charge is 2.05. The molecule has 0 aliphatic carbocycles. The Morgan fingerprint density at radius 2 is 1.39 bits per heavy atom. The van der Waals surface area contributed by atoms with Crippen molar-refractivity contribution in [2.75, 3.05) is 10.6 Å². The van der Waals surface area contributed by atoms with Gasteiger partial charge in [-0.25, -0.2) is 4.79 Å². The summed E-state index contributed by atoms with van der Waals surface area (Å²) >= 11 is 0. The van der Waals surface area contributed by atoms with Gasteiger partial charge in [-0.05, 0) is 62.7 Å². The molecule has 2 amide bonds. The van der Waals surface area contributed by atoms with Crippen molar-refractivity contribution in [2.45, 2.75) is 32.9 Å². The lowest BCUT2D eigenvalue weighted by molar-refractivity contribution is 0.242. The zero-order valence-electron chi connectivity index (χ0n) is 13.7. The molecule has 0 bridgehead atoms. The Hall–Kier alpha value is -2.53. The van der Waals surface area contributed by atoms with Crippen LogP contribution in [0.2, 0.25) is 0 Å². The molecule has 5 nitrogen and oxygen atoms in total. The van der Waals surface area contributed by atoms with Crippen LogP contribution in [0, 0.1) is 0 Å². The summed E-state index contributed by atoms with van der Waals surface area (Å²) in [7, 11) is 0. The first kappa shape index (κ1) is 16.8. The highest BCUT2D eigenvalue weighted by Crippen LogP contribution is 2.18. The van der Waals surface area contributed by atoms with Gasteiger partial charge in [0, 0.05) is 17.4 Å². The maximum atomic E-state index is 12.0. The summed E-state index contributed by atoms with van der Waals surface area (Å²) in [5.74, 6) is 0.775. The summed E-state index contributed by atoms with van der Waals surface area (Å²) in [5, 5.41) is 5.56. The minimum Gasteiger partial charge on any atom is -0.491 e. The fourth-order valence-corrected chi connectivity index (χ4v) is 2.05. The predicted molar refractivity (Wildman–Crippen MR) is 93.9 cm³/mol. The van der Waals surface area contributed by atoms with Gasteiger partial charge in [-0.15, -0.1) is 0 Å². The number of anilines is 2. The lowest BCUT2D eigenvalue weighted by Crippen LogP contribution is -2.19. The highest BCUT2D eigenvalue weighted by atomic mass is 16.5. The normalized spacial score (nSPS) is 11.9. The van der Waals surface area contributed by atoms with Crippen molar-refractivity contribution in [1.29, 1.82) is 0 Å². The molecule has 0 radical (unpaired) electrons. The van der Waals surface area contributed by atoms with Gasteiger partial charge in [0.05, 0.1) is 6.10 Å². The van der Waals surface area contributed by atoms with Crippen molar-refractivity contribution < 1.29 is 9.53 Å². The molecule has 2 aromatic rings. The number of urea groups is 1. The van der Waals surface area contributed by atoms with Gasteiger partial charge in [-0.1, -0.05) is 12.1 Å². The van der Waals surface area contributed by atoms with E-state index in [2.05, 4.69) is 10.6 Å². The fourth-order valence-electron chi connectivity index (χ4n) is 2.05. The zero-order chi connectivity index (χ0) is 16.8. The van der Waals surface area contributed by atoms with E-state index in [1.165, 1.54) is 0 Å². The van der Waals surface area contributed by atoms with E-state index < -0.39 is 0 Å². The summed E-state index contributed by atoms with van der Waals surface area (Å²) in [6.07, 6.45) is 0.122. The number of amides is 2. The van der Waals surface area contributed by atoms with E-state index in [4.69, 9.17) is 10.5 Å². The number of nitrogens with two attached hydrogens (primary N) is 1. The second-order valence-corrected chi connectivity index (χ2v) is 5.68. The molecule has 0 saturated heterocycles. The Morgan fingerprint density at radius 3 is 1.83 bits per heavy atom. The number of hydrogen-bond acceptors (Lipinski definition) is 3. The molecule has 2 rings (SSSR count). The first-order valence-corrected chi connectivity index (χ1v) is 7.64. The van der Waals surface area contributed by atoms with Gasteiger partial charge in [0.25, 0.3) is 0 Å². The van der Waals surface area contributed by atoms with Crippen LogP contribution < -0.4 is 21.1 Å². The molecule has 0 heterocycles. The van der Waals surface area contributed by atoms with Gasteiger partial charge >= 0.3 is 6.03 Å². The maximum Gasteiger partial charge on any atom is 0.323 e. The molecule has 0 aliphatic heterocycles. The summed E-state index contributed by atoms with van der Waals surface area (Å²) in [6.45, 7) is 5.86. The third-order valence-electron chi connectivity index (χ3n) is 3.18. The molecule has 0 saturated carbocycles. The standard InChI is InChI=1S/C18H23N3O2/c1-12(2)23-17-10-8-16(9-11-17)21-18(22)20-15-6-4-14(5-7-15)13(3)19/h4-13H,19H2,1-3H3,(H2,20,21,22). The van der Waals surface area contributed by atoms with Crippen molar-refractivity contribution in [3.05, 3.63) is 54.1 Å². The zero-order valence-corrected chi connectivity index (χ0v) is 13.7. The fraction of sp³-hybridized carbons (Fsp3) is 0.278. The molecule has 2 aromatic carbocycles. The van der Waals surface area contributed by atoms with Gasteiger partial charge < -0.3 is 21.1 Å². The van der Waals surface area contributed by atoms with E-state index in [0.717, 1.165) is 11.3 Å². The molecule has 0 aliphatic rings. The number of ether oxygens (including phenoxy) is 1. The lowest BCUT2D eigenvalue weighted by Gasteiger charge is -2.11. The van der Waals surface area contributed by atoms with Crippen LogP contribution in [0.15, 0.2) is 48.5 Å². The second kappa shape index (κ2) is 7.65. The number of carbonyl (C=O) groups excluding carboxylic acids is 1. The van der Waals surface area contributed by atoms with E-state index >= 15 is 0 Å². The van der Waals surface area contributed by atoms with Crippen LogP contribution in [-0.4, -0.2) is 12.1 Å². The number of benzene rings is 2. The molecule has 0 spiro atoms. The topological polar surface area (TPSA) is 76.4 Å². The van der Waals surface area contributed by atoms with E-state index in [1.54, 1.807) is 12.1 Å². The van der Waals surface area contributed by atoms with Crippen molar-refractivity contribution in [3.63, 3.8) is 0 Å². The maximum absolute atomic E-state index is 12.0. The quantitative estimate of drug-likeness (QED) is 0.776. The average molecular weight is 313 g/mol. The van der Waals surface area contributed by atoms with Crippen LogP contribution >= 0.6 is 0 Å². The SMILES string of the molecule is CC(C)Oc1ccc(NC(=O)Nc2ccc(C(C)N)cc2)cc1. The molecule has 1 unspecified atom stereocenters. The minimum atomic E-state index is -0.295. The van der Waals surface area contributed by atoms with Crippen LogP contribution in [0.3, 0.4) is 0 Å². The van der Waals surface area contributed by atoms with E-state index in [-0.39, 0.29) is 18.2 Å². The number of nitrogens with one attached hydrogen (secondary N) is 2. The summed E-state index contributed by atoms with van der Waals surface area (Å²) in [6, 6.07) is 14.4. The van der Waals surface area contributed by atoms with Crippen molar-refractivity contribution >= 4 is 17.4 Å². The van der Waals surface area contributed by atoms with Crippen molar-refractivity contribution in [2.24, 2.45) is 5.73 Å². The Labute approximate surface area is 136 Å². The third-order valence-corrected chi connectivity index (χ3v) is 3.18. The molecule has 122 valence electrons.